The SMILES string of the molecule is COC(=O)C1CCN(Cc2c(C)noc2C)C1. The lowest BCUT2D eigenvalue weighted by molar-refractivity contribution is -0.144. The standard InChI is InChI=1S/C12H18N2O3/c1-8-11(9(2)17-13-8)7-14-5-4-10(6-14)12(15)16-3/h10H,4-7H2,1-3H3. The van der Waals surface area contributed by atoms with Gasteiger partial charge in [-0.3, -0.25) is 9.69 Å². The molecule has 0 aliphatic carbocycles. The van der Waals surface area contributed by atoms with Gasteiger partial charge in [-0.15, -0.1) is 0 Å². The molecule has 0 spiro atoms. The number of aryl methyl sites for hydroxylation is 2. The highest BCUT2D eigenvalue weighted by molar-refractivity contribution is 5.72. The number of likely N-dealkylation sites (tertiary alicyclic amines) is 1. The van der Waals surface area contributed by atoms with Crippen molar-refractivity contribution in [2.75, 3.05) is 20.2 Å². The third-order valence-electron chi connectivity index (χ3n) is 3.37. The molecule has 5 nitrogen and oxygen atoms in total. The summed E-state index contributed by atoms with van der Waals surface area (Å²) in [7, 11) is 1.44. The van der Waals surface area contributed by atoms with Crippen LogP contribution in [0.5, 0.6) is 0 Å². The number of esters is 1. The Bertz CT molecular complexity index is 394. The summed E-state index contributed by atoms with van der Waals surface area (Å²) < 4.78 is 9.90. The van der Waals surface area contributed by atoms with Gasteiger partial charge in [-0.25, -0.2) is 0 Å². The van der Waals surface area contributed by atoms with Crippen molar-refractivity contribution in [1.82, 2.24) is 10.1 Å². The number of hydrogen-bond acceptors (Lipinski definition) is 5. The van der Waals surface area contributed by atoms with Crippen LogP contribution in [0.4, 0.5) is 0 Å². The maximum atomic E-state index is 11.4. The maximum Gasteiger partial charge on any atom is 0.310 e. The van der Waals surface area contributed by atoms with E-state index < -0.39 is 0 Å². The second-order valence-electron chi connectivity index (χ2n) is 4.55. The van der Waals surface area contributed by atoms with E-state index in [0.29, 0.717) is 0 Å². The number of nitrogens with zero attached hydrogens (tertiary/aromatic N) is 2. The van der Waals surface area contributed by atoms with Crippen molar-refractivity contribution >= 4 is 5.97 Å². The van der Waals surface area contributed by atoms with Crippen LogP contribution in [-0.2, 0) is 16.1 Å². The molecule has 0 bridgehead atoms. The predicted molar refractivity (Wildman–Crippen MR) is 61.4 cm³/mol. The Kier molecular flexibility index (Phi) is 3.47. The van der Waals surface area contributed by atoms with Gasteiger partial charge in [0.1, 0.15) is 5.76 Å². The van der Waals surface area contributed by atoms with Crippen LogP contribution in [0, 0.1) is 19.8 Å². The Morgan fingerprint density at radius 2 is 2.35 bits per heavy atom. The lowest BCUT2D eigenvalue weighted by atomic mass is 10.1. The van der Waals surface area contributed by atoms with Gasteiger partial charge >= 0.3 is 5.97 Å². The van der Waals surface area contributed by atoms with E-state index in [1.807, 2.05) is 13.8 Å². The number of ether oxygens (including phenoxy) is 1. The minimum absolute atomic E-state index is 0.0143. The number of aromatic nitrogens is 1. The molecule has 1 aromatic rings. The zero-order valence-corrected chi connectivity index (χ0v) is 10.5. The molecule has 1 atom stereocenters. The average Bonchev–Trinajstić information content (AvgIpc) is 2.90. The normalized spacial score (nSPS) is 20.8. The molecule has 1 unspecified atom stereocenters. The summed E-state index contributed by atoms with van der Waals surface area (Å²) in [6.07, 6.45) is 0.871. The molecule has 1 aromatic heterocycles. The third kappa shape index (κ3) is 2.49. The molecule has 2 rings (SSSR count). The quantitative estimate of drug-likeness (QED) is 0.743. The minimum atomic E-state index is -0.105. The van der Waals surface area contributed by atoms with Crippen molar-refractivity contribution in [1.29, 1.82) is 0 Å². The highest BCUT2D eigenvalue weighted by Crippen LogP contribution is 2.22. The monoisotopic (exact) mass is 238 g/mol. The van der Waals surface area contributed by atoms with Crippen LogP contribution in [0.1, 0.15) is 23.4 Å². The van der Waals surface area contributed by atoms with Gasteiger partial charge in [0.15, 0.2) is 0 Å². The van der Waals surface area contributed by atoms with Gasteiger partial charge < -0.3 is 9.26 Å². The topological polar surface area (TPSA) is 55.6 Å². The first-order valence-corrected chi connectivity index (χ1v) is 5.83. The van der Waals surface area contributed by atoms with E-state index in [1.54, 1.807) is 0 Å². The van der Waals surface area contributed by atoms with Crippen molar-refractivity contribution in [2.24, 2.45) is 5.92 Å². The lowest BCUT2D eigenvalue weighted by Gasteiger charge is -2.14. The summed E-state index contributed by atoms with van der Waals surface area (Å²) in [5.41, 5.74) is 2.07. The second kappa shape index (κ2) is 4.87. The molecule has 1 aliphatic rings. The zero-order chi connectivity index (χ0) is 12.4. The summed E-state index contributed by atoms with van der Waals surface area (Å²) in [5, 5.41) is 3.94. The predicted octanol–water partition coefficient (Wildman–Crippen LogP) is 1.29. The Balaban J connectivity index is 1.96. The Morgan fingerprint density at radius 1 is 1.59 bits per heavy atom. The van der Waals surface area contributed by atoms with E-state index in [2.05, 4.69) is 10.1 Å². The van der Waals surface area contributed by atoms with Crippen LogP contribution in [0.3, 0.4) is 0 Å². The van der Waals surface area contributed by atoms with Crippen molar-refractivity contribution in [3.63, 3.8) is 0 Å². The number of rotatable bonds is 3. The van der Waals surface area contributed by atoms with Crippen LogP contribution < -0.4 is 0 Å². The Morgan fingerprint density at radius 3 is 2.94 bits per heavy atom. The fraction of sp³-hybridized carbons (Fsp3) is 0.667. The molecule has 1 saturated heterocycles. The van der Waals surface area contributed by atoms with Crippen LogP contribution in [0.15, 0.2) is 4.52 Å². The maximum absolute atomic E-state index is 11.4. The van der Waals surface area contributed by atoms with Crippen molar-refractivity contribution in [3.05, 3.63) is 17.0 Å². The number of carbonyl (C=O) groups excluding carboxylic acids is 1. The molecular weight excluding hydrogens is 220 g/mol. The summed E-state index contributed by atoms with van der Waals surface area (Å²) in [6.45, 7) is 6.35. The first-order valence-electron chi connectivity index (χ1n) is 5.83. The van der Waals surface area contributed by atoms with E-state index >= 15 is 0 Å². The van der Waals surface area contributed by atoms with Gasteiger partial charge in [-0.1, -0.05) is 5.16 Å². The molecular formula is C12H18N2O3. The summed E-state index contributed by atoms with van der Waals surface area (Å²) >= 11 is 0. The highest BCUT2D eigenvalue weighted by Gasteiger charge is 2.29. The summed E-state index contributed by atoms with van der Waals surface area (Å²) in [4.78, 5) is 13.7. The van der Waals surface area contributed by atoms with Crippen LogP contribution in [-0.4, -0.2) is 36.2 Å². The fourth-order valence-corrected chi connectivity index (χ4v) is 2.29. The van der Waals surface area contributed by atoms with Crippen molar-refractivity contribution in [3.8, 4) is 0 Å². The molecule has 0 aromatic carbocycles. The smallest absolute Gasteiger partial charge is 0.310 e. The Hall–Kier alpha value is -1.36. The molecule has 0 amide bonds. The fourth-order valence-electron chi connectivity index (χ4n) is 2.29. The van der Waals surface area contributed by atoms with Crippen LogP contribution in [0.2, 0.25) is 0 Å². The molecule has 0 N–H and O–H groups in total. The van der Waals surface area contributed by atoms with Crippen molar-refractivity contribution in [2.45, 2.75) is 26.8 Å². The number of hydrogen-bond donors (Lipinski definition) is 0. The first kappa shape index (κ1) is 12.1. The van der Waals surface area contributed by atoms with Gasteiger partial charge in [-0.2, -0.15) is 0 Å². The van der Waals surface area contributed by atoms with Gasteiger partial charge in [0.2, 0.25) is 0 Å². The van der Waals surface area contributed by atoms with Gasteiger partial charge in [-0.05, 0) is 26.8 Å². The Labute approximate surface area is 101 Å². The number of carbonyl (C=O) groups is 1. The van der Waals surface area contributed by atoms with Crippen molar-refractivity contribution < 1.29 is 14.1 Å². The van der Waals surface area contributed by atoms with Crippen LogP contribution >= 0.6 is 0 Å². The largest absolute Gasteiger partial charge is 0.469 e. The minimum Gasteiger partial charge on any atom is -0.469 e. The summed E-state index contributed by atoms with van der Waals surface area (Å²) in [5.74, 6) is 0.774. The molecule has 1 fully saturated rings. The first-order chi connectivity index (χ1) is 8.11. The van der Waals surface area contributed by atoms with E-state index in [-0.39, 0.29) is 11.9 Å². The molecule has 17 heavy (non-hydrogen) atoms. The molecule has 0 saturated carbocycles. The molecule has 2 heterocycles. The van der Waals surface area contributed by atoms with E-state index in [1.165, 1.54) is 7.11 Å². The summed E-state index contributed by atoms with van der Waals surface area (Å²) in [6, 6.07) is 0. The molecule has 5 heteroatoms. The van der Waals surface area contributed by atoms with Gasteiger partial charge in [0, 0.05) is 18.7 Å². The third-order valence-corrected chi connectivity index (χ3v) is 3.37. The molecule has 1 aliphatic heterocycles. The molecule has 0 radical (unpaired) electrons. The lowest BCUT2D eigenvalue weighted by Crippen LogP contribution is -2.24. The zero-order valence-electron chi connectivity index (χ0n) is 10.5. The van der Waals surface area contributed by atoms with Gasteiger partial charge in [0.25, 0.3) is 0 Å². The van der Waals surface area contributed by atoms with E-state index in [4.69, 9.17) is 9.26 Å². The molecule has 94 valence electrons. The van der Waals surface area contributed by atoms with E-state index in [9.17, 15) is 4.79 Å². The van der Waals surface area contributed by atoms with Crippen LogP contribution in [0.25, 0.3) is 0 Å². The second-order valence-corrected chi connectivity index (χ2v) is 4.55. The highest BCUT2D eigenvalue weighted by atomic mass is 16.5. The van der Waals surface area contributed by atoms with E-state index in [0.717, 1.165) is 43.1 Å². The van der Waals surface area contributed by atoms with Gasteiger partial charge in [0.05, 0.1) is 18.7 Å². The average molecular weight is 238 g/mol. The number of methoxy groups -OCH3 is 1.